The van der Waals surface area contributed by atoms with E-state index >= 15 is 0 Å². The first-order chi connectivity index (χ1) is 14.0. The smallest absolute Gasteiger partial charge is 0.322 e. The van der Waals surface area contributed by atoms with E-state index in [0.29, 0.717) is 17.8 Å². The predicted molar refractivity (Wildman–Crippen MR) is 102 cm³/mol. The van der Waals surface area contributed by atoms with Crippen molar-refractivity contribution in [3.8, 4) is 0 Å². The van der Waals surface area contributed by atoms with E-state index in [4.69, 9.17) is 0 Å². The molecule has 2 aromatic rings. The number of nitrogens with one attached hydrogen (secondary N) is 1. The Morgan fingerprint density at radius 2 is 2.07 bits per heavy atom. The maximum Gasteiger partial charge on any atom is 0.322 e. The Bertz CT molecular complexity index is 1050. The van der Waals surface area contributed by atoms with E-state index in [-0.39, 0.29) is 48.6 Å². The SMILES string of the molecule is O=C1Nc2ccc(F)cc2CN1CC(=O)N1C[C@@H]2C[C@H]1C=C2c1cncc(F)c1. The van der Waals surface area contributed by atoms with Crippen molar-refractivity contribution in [1.29, 1.82) is 0 Å². The molecule has 1 N–H and O–H groups in total. The van der Waals surface area contributed by atoms with Gasteiger partial charge in [0.2, 0.25) is 5.91 Å². The van der Waals surface area contributed by atoms with Crippen molar-refractivity contribution in [2.24, 2.45) is 5.92 Å². The average Bonchev–Trinajstić information content (AvgIpc) is 3.30. The van der Waals surface area contributed by atoms with Crippen LogP contribution in [0.15, 0.2) is 42.7 Å². The molecule has 148 valence electrons. The molecular weight excluding hydrogens is 378 g/mol. The van der Waals surface area contributed by atoms with Crippen LogP contribution in [0.4, 0.5) is 19.3 Å². The van der Waals surface area contributed by atoms with Crippen LogP contribution in [0.25, 0.3) is 5.57 Å². The average molecular weight is 396 g/mol. The summed E-state index contributed by atoms with van der Waals surface area (Å²) in [4.78, 5) is 32.2. The van der Waals surface area contributed by atoms with Gasteiger partial charge in [-0.1, -0.05) is 6.08 Å². The lowest BCUT2D eigenvalue weighted by molar-refractivity contribution is -0.132. The summed E-state index contributed by atoms with van der Waals surface area (Å²) in [7, 11) is 0. The third-order valence-corrected chi connectivity index (χ3v) is 5.80. The van der Waals surface area contributed by atoms with Crippen molar-refractivity contribution < 1.29 is 18.4 Å². The summed E-state index contributed by atoms with van der Waals surface area (Å²) in [6, 6.07) is 5.20. The molecule has 0 spiro atoms. The molecule has 2 atom stereocenters. The van der Waals surface area contributed by atoms with Gasteiger partial charge in [-0.25, -0.2) is 13.6 Å². The third-order valence-electron chi connectivity index (χ3n) is 5.80. The first kappa shape index (κ1) is 17.8. The topological polar surface area (TPSA) is 65.5 Å². The van der Waals surface area contributed by atoms with E-state index in [1.807, 2.05) is 6.08 Å². The van der Waals surface area contributed by atoms with Crippen molar-refractivity contribution in [1.82, 2.24) is 14.8 Å². The quantitative estimate of drug-likeness (QED) is 0.868. The highest BCUT2D eigenvalue weighted by Gasteiger charge is 2.42. The zero-order valence-electron chi connectivity index (χ0n) is 15.4. The van der Waals surface area contributed by atoms with Crippen LogP contribution >= 0.6 is 0 Å². The van der Waals surface area contributed by atoms with E-state index in [1.54, 1.807) is 11.1 Å². The molecular formula is C21H18F2N4O2. The van der Waals surface area contributed by atoms with Gasteiger partial charge in [0, 0.05) is 24.3 Å². The van der Waals surface area contributed by atoms with Crippen LogP contribution in [0.1, 0.15) is 17.5 Å². The summed E-state index contributed by atoms with van der Waals surface area (Å²) in [5, 5.41) is 2.70. The van der Waals surface area contributed by atoms with Crippen molar-refractivity contribution in [2.75, 3.05) is 18.4 Å². The molecule has 8 heteroatoms. The summed E-state index contributed by atoms with van der Waals surface area (Å²) in [5.74, 6) is -0.780. The van der Waals surface area contributed by atoms with E-state index in [0.717, 1.165) is 17.6 Å². The highest BCUT2D eigenvalue weighted by Crippen LogP contribution is 2.42. The number of halogens is 2. The molecule has 1 aromatic heterocycles. The number of aromatic nitrogens is 1. The largest absolute Gasteiger partial charge is 0.334 e. The van der Waals surface area contributed by atoms with Crippen molar-refractivity contribution in [3.05, 3.63) is 65.5 Å². The molecule has 3 amide bonds. The van der Waals surface area contributed by atoms with E-state index in [9.17, 15) is 18.4 Å². The van der Waals surface area contributed by atoms with Gasteiger partial charge in [-0.2, -0.15) is 0 Å². The van der Waals surface area contributed by atoms with Crippen molar-refractivity contribution in [3.63, 3.8) is 0 Å². The molecule has 1 fully saturated rings. The third kappa shape index (κ3) is 3.14. The number of rotatable bonds is 3. The number of carbonyl (C=O) groups excluding carboxylic acids is 2. The molecule has 1 aliphatic carbocycles. The van der Waals surface area contributed by atoms with Gasteiger partial charge in [0.05, 0.1) is 18.8 Å². The second-order valence-electron chi connectivity index (χ2n) is 7.65. The van der Waals surface area contributed by atoms with E-state index < -0.39 is 0 Å². The molecule has 3 aliphatic rings. The summed E-state index contributed by atoms with van der Waals surface area (Å²) in [5.41, 5.74) is 2.97. The van der Waals surface area contributed by atoms with Gasteiger partial charge >= 0.3 is 6.03 Å². The first-order valence-electron chi connectivity index (χ1n) is 9.44. The molecule has 0 radical (unpaired) electrons. The number of hydrogen-bond donors (Lipinski definition) is 1. The first-order valence-corrected chi connectivity index (χ1v) is 9.44. The summed E-state index contributed by atoms with van der Waals surface area (Å²) < 4.78 is 27.0. The normalized spacial score (nSPS) is 22.4. The number of benzene rings is 1. The summed E-state index contributed by atoms with van der Waals surface area (Å²) >= 11 is 0. The fourth-order valence-corrected chi connectivity index (χ4v) is 4.45. The highest BCUT2D eigenvalue weighted by atomic mass is 19.1. The number of fused-ring (bicyclic) bond motifs is 3. The maximum atomic E-state index is 13.5. The van der Waals surface area contributed by atoms with Gasteiger partial charge < -0.3 is 15.1 Å². The van der Waals surface area contributed by atoms with Crippen molar-refractivity contribution >= 4 is 23.2 Å². The fraction of sp³-hybridized carbons (Fsp3) is 0.286. The minimum absolute atomic E-state index is 0.0663. The van der Waals surface area contributed by atoms with Crippen LogP contribution in [0.2, 0.25) is 0 Å². The lowest BCUT2D eigenvalue weighted by atomic mass is 9.96. The minimum atomic E-state index is -0.382. The second kappa shape index (κ2) is 6.65. The standard InChI is InChI=1S/C21H18F2N4O2/c22-15-1-2-19-14(4-15)9-26(21(29)25-19)11-20(28)27-10-13-5-17(27)6-18(13)12-3-16(23)8-24-7-12/h1-4,6-8,13,17H,5,9-11H2,(H,25,29)/t13-,17-/m0/s1. The molecule has 3 heterocycles. The molecule has 5 rings (SSSR count). The molecule has 6 nitrogen and oxygen atoms in total. The van der Waals surface area contributed by atoms with Gasteiger partial charge in [0.25, 0.3) is 0 Å². The molecule has 1 aromatic carbocycles. The Labute approximate surface area is 165 Å². The fourth-order valence-electron chi connectivity index (χ4n) is 4.45. The molecule has 2 aliphatic heterocycles. The van der Waals surface area contributed by atoms with Crippen LogP contribution < -0.4 is 5.32 Å². The number of pyridine rings is 1. The Morgan fingerprint density at radius 3 is 2.83 bits per heavy atom. The van der Waals surface area contributed by atoms with Gasteiger partial charge in [0.1, 0.15) is 18.2 Å². The predicted octanol–water partition coefficient (Wildman–Crippen LogP) is 3.02. The van der Waals surface area contributed by atoms with Gasteiger partial charge in [-0.15, -0.1) is 0 Å². The molecule has 0 unspecified atom stereocenters. The van der Waals surface area contributed by atoms with Crippen molar-refractivity contribution in [2.45, 2.75) is 19.0 Å². The lowest BCUT2D eigenvalue weighted by Gasteiger charge is -2.32. The number of urea groups is 1. The van der Waals surface area contributed by atoms with Crippen LogP contribution in [0.3, 0.4) is 0 Å². The summed E-state index contributed by atoms with van der Waals surface area (Å²) in [6.45, 7) is 0.644. The van der Waals surface area contributed by atoms with E-state index in [1.165, 1.54) is 35.4 Å². The number of amides is 3. The number of carbonyl (C=O) groups is 2. The second-order valence-corrected chi connectivity index (χ2v) is 7.65. The van der Waals surface area contributed by atoms with Gasteiger partial charge in [-0.05, 0) is 47.4 Å². The number of nitrogens with zero attached hydrogens (tertiary/aromatic N) is 3. The van der Waals surface area contributed by atoms with Crippen LogP contribution in [-0.2, 0) is 11.3 Å². The molecule has 2 bridgehead atoms. The maximum absolute atomic E-state index is 13.5. The minimum Gasteiger partial charge on any atom is -0.334 e. The van der Waals surface area contributed by atoms with Crippen LogP contribution in [-0.4, -0.2) is 45.9 Å². The Hall–Kier alpha value is -3.29. The molecule has 0 saturated carbocycles. The van der Waals surface area contributed by atoms with Crippen LogP contribution in [0, 0.1) is 17.6 Å². The molecule has 1 saturated heterocycles. The number of likely N-dealkylation sites (tertiary alicyclic amines) is 1. The zero-order chi connectivity index (χ0) is 20.1. The van der Waals surface area contributed by atoms with Gasteiger partial charge in [0.15, 0.2) is 0 Å². The van der Waals surface area contributed by atoms with Crippen LogP contribution in [0.5, 0.6) is 0 Å². The highest BCUT2D eigenvalue weighted by molar-refractivity contribution is 5.95. The lowest BCUT2D eigenvalue weighted by Crippen LogP contribution is -2.47. The Balaban J connectivity index is 1.29. The monoisotopic (exact) mass is 396 g/mol. The van der Waals surface area contributed by atoms with Gasteiger partial charge in [-0.3, -0.25) is 9.78 Å². The number of anilines is 1. The Morgan fingerprint density at radius 1 is 1.21 bits per heavy atom. The van der Waals surface area contributed by atoms with E-state index in [2.05, 4.69) is 10.3 Å². The Kier molecular flexibility index (Phi) is 4.08. The summed E-state index contributed by atoms with van der Waals surface area (Å²) in [6.07, 6.45) is 5.58. The number of hydrogen-bond acceptors (Lipinski definition) is 3. The zero-order valence-corrected chi connectivity index (χ0v) is 15.4. The molecule has 29 heavy (non-hydrogen) atoms.